The Morgan fingerprint density at radius 3 is 2.43 bits per heavy atom. The number of nitrogens with zero attached hydrogens (tertiary/aromatic N) is 1. The maximum absolute atomic E-state index is 12.7. The number of benzene rings is 1. The standard InChI is InChI=1S/C23H34BNO5/c1-21(2,3)28-20(27)25-14-9-8-13-18(25)19(26)16-11-10-12-17(15-16)24-29-22(4,5)23(6,7)30-24/h10-13,15,19,26H,8-9,14H2,1-7H3/t19-/m0/s1. The molecule has 1 aromatic rings. The van der Waals surface area contributed by atoms with Crippen LogP contribution in [0.15, 0.2) is 36.0 Å². The van der Waals surface area contributed by atoms with Gasteiger partial charge >= 0.3 is 13.2 Å². The first-order chi connectivity index (χ1) is 13.8. The molecule has 1 amide bonds. The zero-order valence-electron chi connectivity index (χ0n) is 19.2. The lowest BCUT2D eigenvalue weighted by atomic mass is 9.78. The molecule has 7 heteroatoms. The summed E-state index contributed by atoms with van der Waals surface area (Å²) >= 11 is 0. The van der Waals surface area contributed by atoms with Crippen LogP contribution in [-0.4, -0.2) is 46.6 Å². The molecule has 1 atom stereocenters. The molecule has 6 nitrogen and oxygen atoms in total. The molecular formula is C23H34BNO5. The van der Waals surface area contributed by atoms with Gasteiger partial charge in [-0.05, 0) is 72.3 Å². The Bertz CT molecular complexity index is 811. The molecule has 0 radical (unpaired) electrons. The van der Waals surface area contributed by atoms with E-state index in [2.05, 4.69) is 0 Å². The molecule has 30 heavy (non-hydrogen) atoms. The third-order valence-electron chi connectivity index (χ3n) is 5.90. The van der Waals surface area contributed by atoms with Gasteiger partial charge in [0.1, 0.15) is 11.7 Å². The van der Waals surface area contributed by atoms with E-state index in [4.69, 9.17) is 14.0 Å². The van der Waals surface area contributed by atoms with E-state index in [1.807, 2.05) is 78.8 Å². The van der Waals surface area contributed by atoms with Crippen molar-refractivity contribution in [1.82, 2.24) is 4.90 Å². The Morgan fingerprint density at radius 2 is 1.83 bits per heavy atom. The van der Waals surface area contributed by atoms with E-state index in [0.717, 1.165) is 18.3 Å². The molecule has 1 fully saturated rings. The normalized spacial score (nSPS) is 21.9. The van der Waals surface area contributed by atoms with Crippen molar-refractivity contribution >= 4 is 18.7 Å². The monoisotopic (exact) mass is 415 g/mol. The molecule has 2 aliphatic rings. The van der Waals surface area contributed by atoms with Gasteiger partial charge in [-0.3, -0.25) is 4.90 Å². The number of hydrogen-bond acceptors (Lipinski definition) is 5. The summed E-state index contributed by atoms with van der Waals surface area (Å²) < 4.78 is 17.8. The quantitative estimate of drug-likeness (QED) is 0.758. The molecule has 0 unspecified atom stereocenters. The summed E-state index contributed by atoms with van der Waals surface area (Å²) in [4.78, 5) is 14.2. The van der Waals surface area contributed by atoms with Crippen molar-refractivity contribution < 1.29 is 23.9 Å². The van der Waals surface area contributed by atoms with E-state index in [0.29, 0.717) is 17.8 Å². The first-order valence-corrected chi connectivity index (χ1v) is 10.6. The predicted octanol–water partition coefficient (Wildman–Crippen LogP) is 3.93. The van der Waals surface area contributed by atoms with Crippen molar-refractivity contribution in [2.45, 2.75) is 84.2 Å². The van der Waals surface area contributed by atoms with Crippen molar-refractivity contribution in [3.8, 4) is 0 Å². The van der Waals surface area contributed by atoms with Crippen LogP contribution in [0.3, 0.4) is 0 Å². The van der Waals surface area contributed by atoms with Gasteiger partial charge in [-0.15, -0.1) is 0 Å². The summed E-state index contributed by atoms with van der Waals surface area (Å²) in [6, 6.07) is 7.54. The van der Waals surface area contributed by atoms with Gasteiger partial charge in [0.25, 0.3) is 0 Å². The molecule has 2 aliphatic heterocycles. The molecule has 1 saturated heterocycles. The van der Waals surface area contributed by atoms with Gasteiger partial charge in [-0.25, -0.2) is 4.79 Å². The highest BCUT2D eigenvalue weighted by Gasteiger charge is 2.51. The molecule has 0 saturated carbocycles. The molecule has 0 spiro atoms. The maximum Gasteiger partial charge on any atom is 0.494 e. The lowest BCUT2D eigenvalue weighted by Gasteiger charge is -2.33. The highest BCUT2D eigenvalue weighted by atomic mass is 16.7. The summed E-state index contributed by atoms with van der Waals surface area (Å²) in [6.45, 7) is 14.1. The van der Waals surface area contributed by atoms with E-state index >= 15 is 0 Å². The summed E-state index contributed by atoms with van der Waals surface area (Å²) in [6.07, 6.45) is 2.18. The minimum absolute atomic E-state index is 0.436. The first kappa shape index (κ1) is 22.9. The SMILES string of the molecule is CC(C)(C)OC(=O)N1CCCC=C1[C@@H](O)c1cccc(B2OC(C)(C)C(C)(C)O2)c1. The van der Waals surface area contributed by atoms with Crippen molar-refractivity contribution in [2.75, 3.05) is 6.54 Å². The topological polar surface area (TPSA) is 68.2 Å². The average molecular weight is 415 g/mol. The number of aliphatic hydroxyl groups excluding tert-OH is 1. The van der Waals surface area contributed by atoms with Gasteiger partial charge in [-0.2, -0.15) is 0 Å². The summed E-state index contributed by atoms with van der Waals surface area (Å²) in [5.74, 6) is 0. The number of aliphatic hydroxyl groups is 1. The third-order valence-corrected chi connectivity index (χ3v) is 5.90. The Kier molecular flexibility index (Phi) is 6.11. The maximum atomic E-state index is 12.7. The van der Waals surface area contributed by atoms with Crippen molar-refractivity contribution in [2.24, 2.45) is 0 Å². The van der Waals surface area contributed by atoms with Gasteiger partial charge in [0.15, 0.2) is 0 Å². The Morgan fingerprint density at radius 1 is 1.20 bits per heavy atom. The number of amides is 1. The van der Waals surface area contributed by atoms with Crippen LogP contribution in [0.25, 0.3) is 0 Å². The lowest BCUT2D eigenvalue weighted by molar-refractivity contribution is 0.00578. The molecule has 164 valence electrons. The summed E-state index contributed by atoms with van der Waals surface area (Å²) in [7, 11) is -0.510. The van der Waals surface area contributed by atoms with Crippen LogP contribution in [0.1, 0.15) is 73.0 Å². The Labute approximate surface area is 180 Å². The van der Waals surface area contributed by atoms with Gasteiger partial charge in [0.2, 0.25) is 0 Å². The van der Waals surface area contributed by atoms with Crippen LogP contribution >= 0.6 is 0 Å². The van der Waals surface area contributed by atoms with Crippen molar-refractivity contribution in [1.29, 1.82) is 0 Å². The number of hydrogen-bond donors (Lipinski definition) is 1. The fourth-order valence-corrected chi connectivity index (χ4v) is 3.54. The minimum Gasteiger partial charge on any atom is -0.443 e. The molecule has 0 bridgehead atoms. The number of allylic oxidation sites excluding steroid dienone is 1. The molecular weight excluding hydrogens is 381 g/mol. The lowest BCUT2D eigenvalue weighted by Crippen LogP contribution is -2.41. The number of rotatable bonds is 3. The smallest absolute Gasteiger partial charge is 0.443 e. The zero-order chi connectivity index (χ0) is 22.3. The summed E-state index contributed by atoms with van der Waals surface area (Å²) in [5.41, 5.74) is 0.606. The number of carbonyl (C=O) groups is 1. The second-order valence-electron chi connectivity index (χ2n) is 10.1. The Hall–Kier alpha value is -1.83. The number of ether oxygens (including phenoxy) is 1. The van der Waals surface area contributed by atoms with E-state index in [1.54, 1.807) is 4.90 Å². The Balaban J connectivity index is 1.83. The first-order valence-electron chi connectivity index (χ1n) is 10.6. The molecule has 2 heterocycles. The van der Waals surface area contributed by atoms with E-state index in [1.165, 1.54) is 0 Å². The van der Waals surface area contributed by atoms with Crippen LogP contribution in [0.4, 0.5) is 4.79 Å². The average Bonchev–Trinajstić information content (AvgIpc) is 2.87. The zero-order valence-corrected chi connectivity index (χ0v) is 19.2. The van der Waals surface area contributed by atoms with Gasteiger partial charge in [0.05, 0.1) is 16.9 Å². The molecule has 0 aliphatic carbocycles. The van der Waals surface area contributed by atoms with Crippen LogP contribution in [0, 0.1) is 0 Å². The van der Waals surface area contributed by atoms with Gasteiger partial charge in [-0.1, -0.05) is 30.3 Å². The molecule has 1 aromatic carbocycles. The van der Waals surface area contributed by atoms with Gasteiger partial charge < -0.3 is 19.2 Å². The third kappa shape index (κ3) is 4.74. The van der Waals surface area contributed by atoms with Crippen LogP contribution in [0.5, 0.6) is 0 Å². The molecule has 0 aromatic heterocycles. The van der Waals surface area contributed by atoms with E-state index < -0.39 is 36.1 Å². The van der Waals surface area contributed by atoms with Gasteiger partial charge in [0, 0.05) is 6.54 Å². The van der Waals surface area contributed by atoms with E-state index in [-0.39, 0.29) is 0 Å². The van der Waals surface area contributed by atoms with Crippen LogP contribution < -0.4 is 5.46 Å². The van der Waals surface area contributed by atoms with Crippen LogP contribution in [-0.2, 0) is 14.0 Å². The second kappa shape index (κ2) is 8.02. The molecule has 1 N–H and O–H groups in total. The largest absolute Gasteiger partial charge is 0.494 e. The van der Waals surface area contributed by atoms with Crippen molar-refractivity contribution in [3.63, 3.8) is 0 Å². The van der Waals surface area contributed by atoms with E-state index in [9.17, 15) is 9.90 Å². The fraction of sp³-hybridized carbons (Fsp3) is 0.609. The summed E-state index contributed by atoms with van der Waals surface area (Å²) in [5, 5.41) is 11.1. The highest BCUT2D eigenvalue weighted by Crippen LogP contribution is 2.37. The van der Waals surface area contributed by atoms with Crippen LogP contribution in [0.2, 0.25) is 0 Å². The number of carbonyl (C=O) groups excluding carboxylic acids is 1. The van der Waals surface area contributed by atoms with Crippen molar-refractivity contribution in [3.05, 3.63) is 41.6 Å². The highest BCUT2D eigenvalue weighted by molar-refractivity contribution is 6.62. The predicted molar refractivity (Wildman–Crippen MR) is 117 cm³/mol. The molecule has 3 rings (SSSR count). The minimum atomic E-state index is -0.944. The fourth-order valence-electron chi connectivity index (χ4n) is 3.54. The second-order valence-corrected chi connectivity index (χ2v) is 10.1.